The molecule has 0 aliphatic rings. The van der Waals surface area contributed by atoms with Crippen molar-refractivity contribution in [2.75, 3.05) is 13.2 Å². The molecular formula is C23H17F21O3. The van der Waals surface area contributed by atoms with Gasteiger partial charge in [-0.2, -0.15) is 92.2 Å². The first-order chi connectivity index (χ1) is 20.7. The lowest BCUT2D eigenvalue weighted by atomic mass is 9.86. The molecule has 0 radical (unpaired) electrons. The molecule has 1 rings (SSSR count). The fourth-order valence-electron chi connectivity index (χ4n) is 3.12. The molecule has 0 atom stereocenters. The predicted molar refractivity (Wildman–Crippen MR) is 112 cm³/mol. The van der Waals surface area contributed by atoms with Gasteiger partial charge >= 0.3 is 65.4 Å². The molecular weight excluding hydrogens is 723 g/mol. The fraction of sp³-hybridized carbons (Fsp3) is 0.696. The molecule has 0 spiro atoms. The van der Waals surface area contributed by atoms with Gasteiger partial charge in [-0.1, -0.05) is 13.3 Å². The van der Waals surface area contributed by atoms with E-state index < -0.39 is 84.2 Å². The van der Waals surface area contributed by atoms with Crippen molar-refractivity contribution in [3.05, 3.63) is 29.8 Å². The first kappa shape index (κ1) is 42.0. The van der Waals surface area contributed by atoms with Gasteiger partial charge in [-0.25, -0.2) is 4.79 Å². The summed E-state index contributed by atoms with van der Waals surface area (Å²) in [5, 5.41) is 0. The molecule has 0 fully saturated rings. The van der Waals surface area contributed by atoms with Crippen molar-refractivity contribution in [1.29, 1.82) is 0 Å². The van der Waals surface area contributed by atoms with Gasteiger partial charge in [-0.15, -0.1) is 0 Å². The van der Waals surface area contributed by atoms with Crippen molar-refractivity contribution in [2.45, 2.75) is 85.7 Å². The summed E-state index contributed by atoms with van der Waals surface area (Å²) in [7, 11) is 0. The van der Waals surface area contributed by atoms with Crippen LogP contribution in [-0.4, -0.2) is 78.7 Å². The molecule has 24 heteroatoms. The summed E-state index contributed by atoms with van der Waals surface area (Å²) in [6.45, 7) is -0.232. The van der Waals surface area contributed by atoms with Gasteiger partial charge in [0.1, 0.15) is 5.75 Å². The van der Waals surface area contributed by atoms with Gasteiger partial charge in [0.25, 0.3) is 0 Å². The van der Waals surface area contributed by atoms with Crippen LogP contribution in [0.25, 0.3) is 0 Å². The Bertz CT molecular complexity index is 1220. The van der Waals surface area contributed by atoms with Crippen molar-refractivity contribution in [2.24, 2.45) is 0 Å². The Morgan fingerprint density at radius 1 is 0.532 bits per heavy atom. The van der Waals surface area contributed by atoms with Crippen molar-refractivity contribution >= 4 is 5.97 Å². The summed E-state index contributed by atoms with van der Waals surface area (Å²) >= 11 is 0. The average molecular weight is 740 g/mol. The van der Waals surface area contributed by atoms with E-state index in [2.05, 4.69) is 4.74 Å². The Morgan fingerprint density at radius 2 is 0.894 bits per heavy atom. The van der Waals surface area contributed by atoms with E-state index in [4.69, 9.17) is 4.74 Å². The van der Waals surface area contributed by atoms with Crippen molar-refractivity contribution in [3.8, 4) is 5.75 Å². The molecule has 0 N–H and O–H groups in total. The minimum atomic E-state index is -9.21. The molecule has 0 heterocycles. The van der Waals surface area contributed by atoms with Crippen LogP contribution in [0, 0.1) is 0 Å². The molecule has 0 aliphatic carbocycles. The molecule has 0 saturated heterocycles. The summed E-state index contributed by atoms with van der Waals surface area (Å²) in [4.78, 5) is 11.7. The molecule has 0 amide bonds. The van der Waals surface area contributed by atoms with E-state index in [0.29, 0.717) is 12.8 Å². The fourth-order valence-corrected chi connectivity index (χ4v) is 3.12. The van der Waals surface area contributed by atoms with E-state index in [0.717, 1.165) is 24.3 Å². The quantitative estimate of drug-likeness (QED) is 0.0963. The average Bonchev–Trinajstić information content (AvgIpc) is 2.91. The number of esters is 1. The predicted octanol–water partition coefficient (Wildman–Crippen LogP) is 9.69. The van der Waals surface area contributed by atoms with E-state index in [1.807, 2.05) is 0 Å². The molecule has 0 unspecified atom stereocenters. The molecule has 1 aromatic rings. The second kappa shape index (κ2) is 12.8. The summed E-state index contributed by atoms with van der Waals surface area (Å²) < 4.78 is 291. The number of carbonyl (C=O) groups excluding carboxylic acids is 1. The summed E-state index contributed by atoms with van der Waals surface area (Å²) in [5.41, 5.74) is -0.213. The Kier molecular flexibility index (Phi) is 11.5. The van der Waals surface area contributed by atoms with Gasteiger partial charge in [-0.05, 0) is 30.7 Å². The Morgan fingerprint density at radius 3 is 1.26 bits per heavy atom. The minimum Gasteiger partial charge on any atom is -0.493 e. The largest absolute Gasteiger partial charge is 0.493 e. The first-order valence-electron chi connectivity index (χ1n) is 12.0. The van der Waals surface area contributed by atoms with Gasteiger partial charge in [-0.3, -0.25) is 0 Å². The lowest BCUT2D eigenvalue weighted by Crippen LogP contribution is -2.76. The maximum Gasteiger partial charge on any atom is 0.460 e. The summed E-state index contributed by atoms with van der Waals surface area (Å²) in [5.74, 6) is -78.9. The summed E-state index contributed by atoms with van der Waals surface area (Å²) in [6.07, 6.45) is -9.87. The van der Waals surface area contributed by atoms with Gasteiger partial charge < -0.3 is 9.47 Å². The third-order valence-corrected chi connectivity index (χ3v) is 6.08. The molecule has 0 saturated carbocycles. The van der Waals surface area contributed by atoms with Gasteiger partial charge in [0.2, 0.25) is 0 Å². The Labute approximate surface area is 248 Å². The SMILES string of the molecule is CCCCOC(=O)c1ccc(OCCC(F)(F)C(F)(F)C(F)(F)C(F)(F)C(F)(F)C(F)(F)C(F)(F)C(F)(F)C(F)(F)C(F)(F)F)cc1. The number of carbonyl (C=O) groups is 1. The van der Waals surface area contributed by atoms with Crippen LogP contribution >= 0.6 is 0 Å². The van der Waals surface area contributed by atoms with Crippen LogP contribution in [0.4, 0.5) is 92.2 Å². The molecule has 47 heavy (non-hydrogen) atoms. The van der Waals surface area contributed by atoms with E-state index >= 15 is 0 Å². The van der Waals surface area contributed by atoms with E-state index in [9.17, 15) is 97.0 Å². The normalized spacial score (nSPS) is 15.1. The van der Waals surface area contributed by atoms with E-state index in [1.165, 1.54) is 0 Å². The van der Waals surface area contributed by atoms with E-state index in [-0.39, 0.29) is 12.2 Å². The van der Waals surface area contributed by atoms with Crippen LogP contribution in [0.5, 0.6) is 5.75 Å². The van der Waals surface area contributed by atoms with Gasteiger partial charge in [0.05, 0.1) is 25.2 Å². The number of halogens is 21. The number of hydrogen-bond acceptors (Lipinski definition) is 3. The van der Waals surface area contributed by atoms with Crippen molar-refractivity contribution in [3.63, 3.8) is 0 Å². The molecule has 0 aliphatic heterocycles. The highest BCUT2D eigenvalue weighted by atomic mass is 19.4. The van der Waals surface area contributed by atoms with Gasteiger partial charge in [0.15, 0.2) is 0 Å². The standard InChI is InChI=1S/C23H17F21O3/c1-2-3-9-47-13(45)11-4-6-12(7-5-11)46-10-8-14(24,25)15(26,27)16(28,29)17(30,31)18(32,33)19(34,35)20(36,37)21(38,39)22(40,41)23(42,43)44/h4-7H,2-3,8-10H2,1H3. The molecule has 0 aromatic heterocycles. The van der Waals surface area contributed by atoms with Crippen LogP contribution in [-0.2, 0) is 4.74 Å². The zero-order valence-corrected chi connectivity index (χ0v) is 22.5. The highest BCUT2D eigenvalue weighted by Crippen LogP contribution is 2.66. The zero-order valence-electron chi connectivity index (χ0n) is 22.5. The number of alkyl halides is 21. The third-order valence-electron chi connectivity index (χ3n) is 6.08. The highest BCUT2D eigenvalue weighted by Gasteiger charge is 2.97. The number of unbranched alkanes of at least 4 members (excludes halogenated alkanes) is 1. The van der Waals surface area contributed by atoms with Gasteiger partial charge in [0, 0.05) is 0 Å². The number of ether oxygens (including phenoxy) is 2. The van der Waals surface area contributed by atoms with Crippen molar-refractivity contribution < 1.29 is 106 Å². The third kappa shape index (κ3) is 6.69. The first-order valence-corrected chi connectivity index (χ1v) is 12.0. The monoisotopic (exact) mass is 740 g/mol. The van der Waals surface area contributed by atoms with Crippen LogP contribution in [0.2, 0.25) is 0 Å². The highest BCUT2D eigenvalue weighted by molar-refractivity contribution is 5.89. The van der Waals surface area contributed by atoms with Crippen LogP contribution < -0.4 is 4.74 Å². The molecule has 1 aromatic carbocycles. The Balaban J connectivity index is 3.34. The topological polar surface area (TPSA) is 35.5 Å². The van der Waals surface area contributed by atoms with Crippen LogP contribution in [0.15, 0.2) is 24.3 Å². The number of benzene rings is 1. The smallest absolute Gasteiger partial charge is 0.460 e. The molecule has 0 bridgehead atoms. The Hall–Kier alpha value is -2.98. The summed E-state index contributed by atoms with van der Waals surface area (Å²) in [6, 6.07) is 3.24. The molecule has 3 nitrogen and oxygen atoms in total. The lowest BCUT2D eigenvalue weighted by Gasteiger charge is -2.44. The van der Waals surface area contributed by atoms with E-state index in [1.54, 1.807) is 6.92 Å². The number of rotatable bonds is 16. The maximum atomic E-state index is 14.0. The molecule has 274 valence electrons. The number of hydrogen-bond donors (Lipinski definition) is 0. The second-order valence-corrected chi connectivity index (χ2v) is 9.41. The van der Waals surface area contributed by atoms with Crippen molar-refractivity contribution in [1.82, 2.24) is 0 Å². The second-order valence-electron chi connectivity index (χ2n) is 9.41. The maximum absolute atomic E-state index is 14.0. The minimum absolute atomic E-state index is 0.0347. The zero-order chi connectivity index (χ0) is 37.5. The van der Waals surface area contributed by atoms with Crippen LogP contribution in [0.3, 0.4) is 0 Å². The van der Waals surface area contributed by atoms with Crippen LogP contribution in [0.1, 0.15) is 36.5 Å². The lowest BCUT2D eigenvalue weighted by molar-refractivity contribution is -0.474.